The van der Waals surface area contributed by atoms with E-state index < -0.39 is 12.1 Å². The van der Waals surface area contributed by atoms with E-state index in [1.54, 1.807) is 11.9 Å². The van der Waals surface area contributed by atoms with Crippen LogP contribution in [0.25, 0.3) is 0 Å². The minimum atomic E-state index is -0.499. The van der Waals surface area contributed by atoms with Crippen LogP contribution in [-0.4, -0.2) is 48.3 Å². The van der Waals surface area contributed by atoms with Crippen LogP contribution in [0, 0.1) is 5.92 Å². The number of carbonyl (C=O) groups is 3. The molecule has 0 bridgehead atoms. The number of nitrogens with zero attached hydrogens (tertiary/aromatic N) is 1. The van der Waals surface area contributed by atoms with Crippen molar-refractivity contribution in [3.05, 3.63) is 0 Å². The second kappa shape index (κ2) is 8.31. The van der Waals surface area contributed by atoms with Crippen molar-refractivity contribution in [2.24, 2.45) is 5.92 Å². The second-order valence-corrected chi connectivity index (χ2v) is 6.80. The molecule has 1 saturated carbocycles. The zero-order valence-corrected chi connectivity index (χ0v) is 14.3. The van der Waals surface area contributed by atoms with Crippen LogP contribution >= 0.6 is 0 Å². The minimum Gasteiger partial charge on any atom is -0.357 e. The predicted molar refractivity (Wildman–Crippen MR) is 87.6 cm³/mol. The normalized spacial score (nSPS) is 23.4. The maximum atomic E-state index is 12.9. The van der Waals surface area contributed by atoms with Gasteiger partial charge in [0.2, 0.25) is 17.7 Å². The fourth-order valence-corrected chi connectivity index (χ4v) is 3.89. The van der Waals surface area contributed by atoms with E-state index in [4.69, 9.17) is 0 Å². The van der Waals surface area contributed by atoms with Gasteiger partial charge in [-0.1, -0.05) is 32.1 Å². The predicted octanol–water partition coefficient (Wildman–Crippen LogP) is 1.20. The molecule has 0 unspecified atom stereocenters. The Labute approximate surface area is 138 Å². The number of nitrogens with one attached hydrogen (secondary N) is 2. The SMILES string of the molecule is CNC(=O)[C@@H]1CCCN1C(=O)[C@H](CC1CCCCC1)NC(C)=O. The Bertz CT molecular complexity index is 446. The highest BCUT2D eigenvalue weighted by Crippen LogP contribution is 2.28. The first kappa shape index (κ1) is 17.8. The summed E-state index contributed by atoms with van der Waals surface area (Å²) in [6, 6.07) is -0.893. The van der Waals surface area contributed by atoms with Gasteiger partial charge in [0.05, 0.1) is 0 Å². The van der Waals surface area contributed by atoms with Gasteiger partial charge in [-0.25, -0.2) is 0 Å². The van der Waals surface area contributed by atoms with Gasteiger partial charge in [0.15, 0.2) is 0 Å². The summed E-state index contributed by atoms with van der Waals surface area (Å²) in [6.07, 6.45) is 8.15. The molecule has 0 spiro atoms. The summed E-state index contributed by atoms with van der Waals surface area (Å²) in [5, 5.41) is 5.45. The molecule has 0 aromatic carbocycles. The average molecular weight is 323 g/mol. The zero-order chi connectivity index (χ0) is 16.8. The molecule has 130 valence electrons. The van der Waals surface area contributed by atoms with Crippen LogP contribution in [0.1, 0.15) is 58.3 Å². The molecular formula is C17H29N3O3. The van der Waals surface area contributed by atoms with Crippen LogP contribution < -0.4 is 10.6 Å². The third-order valence-electron chi connectivity index (χ3n) is 5.05. The van der Waals surface area contributed by atoms with Gasteiger partial charge in [-0.2, -0.15) is 0 Å². The van der Waals surface area contributed by atoms with E-state index in [-0.39, 0.29) is 17.7 Å². The van der Waals surface area contributed by atoms with Crippen molar-refractivity contribution in [3.63, 3.8) is 0 Å². The second-order valence-electron chi connectivity index (χ2n) is 6.80. The number of likely N-dealkylation sites (N-methyl/N-ethyl adjacent to an activating group) is 1. The van der Waals surface area contributed by atoms with Gasteiger partial charge >= 0.3 is 0 Å². The van der Waals surface area contributed by atoms with Crippen LogP contribution in [0.15, 0.2) is 0 Å². The number of hydrogen-bond donors (Lipinski definition) is 2. The number of carbonyl (C=O) groups excluding carboxylic acids is 3. The standard InChI is InChI=1S/C17H29N3O3/c1-12(21)19-14(11-13-7-4-3-5-8-13)17(23)20-10-6-9-15(20)16(22)18-2/h13-15H,3-11H2,1-2H3,(H,18,22)(H,19,21)/t14-,15-/m0/s1. The van der Waals surface area contributed by atoms with Gasteiger partial charge in [-0.05, 0) is 25.2 Å². The maximum absolute atomic E-state index is 12.9. The lowest BCUT2D eigenvalue weighted by atomic mass is 9.84. The molecular weight excluding hydrogens is 294 g/mol. The molecule has 2 fully saturated rings. The Morgan fingerprint density at radius 1 is 1.09 bits per heavy atom. The van der Waals surface area contributed by atoms with E-state index in [0.29, 0.717) is 25.3 Å². The van der Waals surface area contributed by atoms with Crippen LogP contribution in [-0.2, 0) is 14.4 Å². The first-order valence-corrected chi connectivity index (χ1v) is 8.82. The van der Waals surface area contributed by atoms with E-state index in [9.17, 15) is 14.4 Å². The molecule has 2 aliphatic rings. The summed E-state index contributed by atoms with van der Waals surface area (Å²) < 4.78 is 0. The fraction of sp³-hybridized carbons (Fsp3) is 0.824. The Morgan fingerprint density at radius 3 is 2.39 bits per heavy atom. The smallest absolute Gasteiger partial charge is 0.245 e. The molecule has 0 aromatic rings. The summed E-state index contributed by atoms with van der Waals surface area (Å²) in [5.41, 5.74) is 0. The Hall–Kier alpha value is -1.59. The number of likely N-dealkylation sites (tertiary alicyclic amines) is 1. The van der Waals surface area contributed by atoms with Crippen molar-refractivity contribution in [3.8, 4) is 0 Å². The summed E-state index contributed by atoms with van der Waals surface area (Å²) in [5.74, 6) is 0.0902. The quantitative estimate of drug-likeness (QED) is 0.798. The molecule has 2 rings (SSSR count). The Kier molecular flexibility index (Phi) is 6.42. The third kappa shape index (κ3) is 4.69. The van der Waals surface area contributed by atoms with Crippen LogP contribution in [0.4, 0.5) is 0 Å². The molecule has 6 heteroatoms. The summed E-state index contributed by atoms with van der Waals surface area (Å²) in [6.45, 7) is 2.04. The summed E-state index contributed by atoms with van der Waals surface area (Å²) in [7, 11) is 1.59. The first-order valence-electron chi connectivity index (χ1n) is 8.82. The molecule has 6 nitrogen and oxygen atoms in total. The number of hydrogen-bond acceptors (Lipinski definition) is 3. The van der Waals surface area contributed by atoms with Gasteiger partial charge in [-0.15, -0.1) is 0 Å². The van der Waals surface area contributed by atoms with Gasteiger partial charge in [0, 0.05) is 20.5 Å². The van der Waals surface area contributed by atoms with Crippen LogP contribution in [0.3, 0.4) is 0 Å². The summed E-state index contributed by atoms with van der Waals surface area (Å²) in [4.78, 5) is 38.1. The molecule has 2 N–H and O–H groups in total. The lowest BCUT2D eigenvalue weighted by Crippen LogP contribution is -2.53. The highest BCUT2D eigenvalue weighted by Gasteiger charge is 2.37. The van der Waals surface area contributed by atoms with Crippen LogP contribution in [0.5, 0.6) is 0 Å². The molecule has 0 aromatic heterocycles. The lowest BCUT2D eigenvalue weighted by molar-refractivity contribution is -0.141. The van der Waals surface area contributed by atoms with Crippen molar-refractivity contribution >= 4 is 17.7 Å². The van der Waals surface area contributed by atoms with Crippen molar-refractivity contribution < 1.29 is 14.4 Å². The molecule has 23 heavy (non-hydrogen) atoms. The van der Waals surface area contributed by atoms with Crippen molar-refractivity contribution in [2.45, 2.75) is 70.4 Å². The molecule has 1 heterocycles. The molecule has 1 aliphatic carbocycles. The van der Waals surface area contributed by atoms with E-state index in [2.05, 4.69) is 10.6 Å². The molecule has 1 saturated heterocycles. The van der Waals surface area contributed by atoms with Crippen LogP contribution in [0.2, 0.25) is 0 Å². The van der Waals surface area contributed by atoms with Gasteiger partial charge in [0.1, 0.15) is 12.1 Å². The highest BCUT2D eigenvalue weighted by molar-refractivity contribution is 5.92. The molecule has 1 aliphatic heterocycles. The Balaban J connectivity index is 2.05. The van der Waals surface area contributed by atoms with Gasteiger partial charge in [-0.3, -0.25) is 14.4 Å². The minimum absolute atomic E-state index is 0.100. The van der Waals surface area contributed by atoms with E-state index in [1.165, 1.54) is 26.2 Å². The largest absolute Gasteiger partial charge is 0.357 e. The highest BCUT2D eigenvalue weighted by atomic mass is 16.2. The topological polar surface area (TPSA) is 78.5 Å². The van der Waals surface area contributed by atoms with E-state index in [1.807, 2.05) is 0 Å². The fourth-order valence-electron chi connectivity index (χ4n) is 3.89. The molecule has 0 radical (unpaired) electrons. The maximum Gasteiger partial charge on any atom is 0.245 e. The number of amides is 3. The van der Waals surface area contributed by atoms with Crippen molar-refractivity contribution in [2.75, 3.05) is 13.6 Å². The average Bonchev–Trinajstić information content (AvgIpc) is 3.03. The van der Waals surface area contributed by atoms with E-state index in [0.717, 1.165) is 19.3 Å². The Morgan fingerprint density at radius 2 is 1.78 bits per heavy atom. The summed E-state index contributed by atoms with van der Waals surface area (Å²) >= 11 is 0. The zero-order valence-electron chi connectivity index (χ0n) is 14.3. The van der Waals surface area contributed by atoms with E-state index >= 15 is 0 Å². The third-order valence-corrected chi connectivity index (χ3v) is 5.05. The van der Waals surface area contributed by atoms with Gasteiger partial charge < -0.3 is 15.5 Å². The number of rotatable bonds is 5. The molecule has 2 atom stereocenters. The van der Waals surface area contributed by atoms with Crippen molar-refractivity contribution in [1.29, 1.82) is 0 Å². The monoisotopic (exact) mass is 323 g/mol. The van der Waals surface area contributed by atoms with Crippen molar-refractivity contribution in [1.82, 2.24) is 15.5 Å². The van der Waals surface area contributed by atoms with Gasteiger partial charge in [0.25, 0.3) is 0 Å². The lowest BCUT2D eigenvalue weighted by Gasteiger charge is -2.31. The first-order chi connectivity index (χ1) is 11.0. The molecule has 3 amide bonds.